The number of hydrogen-bond donors (Lipinski definition) is 0. The fraction of sp³-hybridized carbons (Fsp3) is 0.462. The van der Waals surface area contributed by atoms with E-state index in [0.29, 0.717) is 0 Å². The highest BCUT2D eigenvalue weighted by Gasteiger charge is 2.13. The standard InChI is InChI=1S/C13H19N2/c1-14-9-11-15(12-10-14)8-7-13-5-3-2-4-6-13/h2-6,8H,7,9-12H2,1H3. The number of rotatable bonds is 3. The van der Waals surface area contributed by atoms with E-state index in [4.69, 9.17) is 0 Å². The maximum atomic E-state index is 2.44. The fourth-order valence-electron chi connectivity index (χ4n) is 1.85. The molecule has 1 aromatic carbocycles. The Labute approximate surface area is 92.5 Å². The van der Waals surface area contributed by atoms with Crippen LogP contribution in [-0.4, -0.2) is 43.0 Å². The van der Waals surface area contributed by atoms with E-state index in [1.165, 1.54) is 31.7 Å². The SMILES string of the molecule is CN1CCN([CH]Cc2ccccc2)CC1. The molecule has 1 saturated heterocycles. The summed E-state index contributed by atoms with van der Waals surface area (Å²) in [5.41, 5.74) is 1.40. The van der Waals surface area contributed by atoms with Crippen LogP contribution in [0.4, 0.5) is 0 Å². The molecule has 0 N–H and O–H groups in total. The van der Waals surface area contributed by atoms with Crippen molar-refractivity contribution < 1.29 is 0 Å². The Hall–Kier alpha value is -0.860. The van der Waals surface area contributed by atoms with Gasteiger partial charge in [0.25, 0.3) is 0 Å². The lowest BCUT2D eigenvalue weighted by Crippen LogP contribution is -2.43. The molecular formula is C13H19N2. The second-order valence-electron chi connectivity index (χ2n) is 4.21. The first-order valence-corrected chi connectivity index (χ1v) is 5.64. The minimum atomic E-state index is 1.06. The van der Waals surface area contributed by atoms with Gasteiger partial charge in [-0.05, 0) is 19.0 Å². The Balaban J connectivity index is 1.74. The molecule has 1 aromatic rings. The monoisotopic (exact) mass is 203 g/mol. The number of likely N-dealkylation sites (N-methyl/N-ethyl adjacent to an activating group) is 1. The highest BCUT2D eigenvalue weighted by atomic mass is 15.2. The molecule has 0 unspecified atom stereocenters. The molecule has 1 radical (unpaired) electrons. The second-order valence-corrected chi connectivity index (χ2v) is 4.21. The quantitative estimate of drug-likeness (QED) is 0.737. The van der Waals surface area contributed by atoms with E-state index >= 15 is 0 Å². The number of nitrogens with zero attached hydrogens (tertiary/aromatic N) is 2. The van der Waals surface area contributed by atoms with Crippen molar-refractivity contribution in [3.8, 4) is 0 Å². The van der Waals surface area contributed by atoms with E-state index in [1.54, 1.807) is 0 Å². The summed E-state index contributed by atoms with van der Waals surface area (Å²) in [6.07, 6.45) is 1.06. The highest BCUT2D eigenvalue weighted by molar-refractivity contribution is 5.16. The smallest absolute Gasteiger partial charge is 0.0296 e. The van der Waals surface area contributed by atoms with Gasteiger partial charge in [0.15, 0.2) is 0 Å². The fourth-order valence-corrected chi connectivity index (χ4v) is 1.85. The maximum absolute atomic E-state index is 2.44. The molecule has 81 valence electrons. The molecular weight excluding hydrogens is 184 g/mol. The average Bonchev–Trinajstić information content (AvgIpc) is 2.30. The molecule has 15 heavy (non-hydrogen) atoms. The van der Waals surface area contributed by atoms with Crippen molar-refractivity contribution in [3.05, 3.63) is 42.4 Å². The lowest BCUT2D eigenvalue weighted by atomic mass is 10.1. The van der Waals surface area contributed by atoms with E-state index in [-0.39, 0.29) is 0 Å². The van der Waals surface area contributed by atoms with E-state index in [2.05, 4.69) is 53.7 Å². The van der Waals surface area contributed by atoms with Crippen LogP contribution in [0, 0.1) is 6.54 Å². The van der Waals surface area contributed by atoms with Crippen LogP contribution in [0.1, 0.15) is 5.56 Å². The molecule has 2 rings (SSSR count). The Morgan fingerprint density at radius 1 is 1.07 bits per heavy atom. The van der Waals surface area contributed by atoms with Crippen molar-refractivity contribution >= 4 is 0 Å². The van der Waals surface area contributed by atoms with E-state index < -0.39 is 0 Å². The molecule has 0 atom stereocenters. The van der Waals surface area contributed by atoms with Crippen molar-refractivity contribution in [2.45, 2.75) is 6.42 Å². The van der Waals surface area contributed by atoms with Crippen LogP contribution in [0.25, 0.3) is 0 Å². The molecule has 0 amide bonds. The lowest BCUT2D eigenvalue weighted by Gasteiger charge is -2.31. The normalized spacial score (nSPS) is 19.3. The van der Waals surface area contributed by atoms with Crippen LogP contribution < -0.4 is 0 Å². The molecule has 0 spiro atoms. The Morgan fingerprint density at radius 3 is 2.40 bits per heavy atom. The summed E-state index contributed by atoms with van der Waals surface area (Å²) in [5, 5.41) is 0. The first-order chi connectivity index (χ1) is 7.34. The molecule has 0 aromatic heterocycles. The van der Waals surface area contributed by atoms with Crippen LogP contribution in [0.15, 0.2) is 30.3 Å². The van der Waals surface area contributed by atoms with E-state index in [9.17, 15) is 0 Å². The van der Waals surface area contributed by atoms with Crippen molar-refractivity contribution in [2.24, 2.45) is 0 Å². The zero-order chi connectivity index (χ0) is 10.5. The van der Waals surface area contributed by atoms with Gasteiger partial charge in [0.2, 0.25) is 0 Å². The summed E-state index contributed by atoms with van der Waals surface area (Å²) in [6.45, 7) is 7.05. The Morgan fingerprint density at radius 2 is 1.73 bits per heavy atom. The third-order valence-electron chi connectivity index (χ3n) is 2.97. The van der Waals surface area contributed by atoms with Crippen molar-refractivity contribution in [1.82, 2.24) is 9.80 Å². The van der Waals surface area contributed by atoms with Gasteiger partial charge in [-0.15, -0.1) is 0 Å². The van der Waals surface area contributed by atoms with Gasteiger partial charge in [0, 0.05) is 32.7 Å². The van der Waals surface area contributed by atoms with Gasteiger partial charge in [-0.1, -0.05) is 30.3 Å². The minimum absolute atomic E-state index is 1.06. The van der Waals surface area contributed by atoms with Crippen LogP contribution in [0.3, 0.4) is 0 Å². The van der Waals surface area contributed by atoms with E-state index in [1.807, 2.05) is 0 Å². The van der Waals surface area contributed by atoms with Gasteiger partial charge >= 0.3 is 0 Å². The third kappa shape index (κ3) is 3.33. The molecule has 2 heteroatoms. The first kappa shape index (κ1) is 10.7. The molecule has 1 aliphatic rings. The molecule has 2 nitrogen and oxygen atoms in total. The number of benzene rings is 1. The predicted octanol–water partition coefficient (Wildman–Crippen LogP) is 1.64. The largest absolute Gasteiger partial charge is 0.304 e. The van der Waals surface area contributed by atoms with Crippen molar-refractivity contribution in [1.29, 1.82) is 0 Å². The number of piperazine rings is 1. The maximum Gasteiger partial charge on any atom is 0.0296 e. The molecule has 1 heterocycles. The molecule has 1 fully saturated rings. The Bertz CT molecular complexity index is 276. The molecule has 0 saturated carbocycles. The average molecular weight is 203 g/mol. The Kier molecular flexibility index (Phi) is 3.75. The summed E-state index contributed by atoms with van der Waals surface area (Å²) in [7, 11) is 2.19. The van der Waals surface area contributed by atoms with Crippen LogP contribution >= 0.6 is 0 Å². The summed E-state index contributed by atoms with van der Waals surface area (Å²) in [5.74, 6) is 0. The van der Waals surface area contributed by atoms with Crippen molar-refractivity contribution in [3.63, 3.8) is 0 Å². The summed E-state index contributed by atoms with van der Waals surface area (Å²) < 4.78 is 0. The van der Waals surface area contributed by atoms with Gasteiger partial charge in [-0.2, -0.15) is 0 Å². The third-order valence-corrected chi connectivity index (χ3v) is 2.97. The van der Waals surface area contributed by atoms with Crippen LogP contribution in [0.5, 0.6) is 0 Å². The van der Waals surface area contributed by atoms with Gasteiger partial charge in [-0.25, -0.2) is 0 Å². The topological polar surface area (TPSA) is 6.48 Å². The van der Waals surface area contributed by atoms with Crippen LogP contribution in [-0.2, 0) is 6.42 Å². The van der Waals surface area contributed by atoms with Gasteiger partial charge in [0.1, 0.15) is 0 Å². The van der Waals surface area contributed by atoms with E-state index in [0.717, 1.165) is 6.42 Å². The summed E-state index contributed by atoms with van der Waals surface area (Å²) in [4.78, 5) is 4.82. The zero-order valence-corrected chi connectivity index (χ0v) is 9.39. The summed E-state index contributed by atoms with van der Waals surface area (Å²) in [6, 6.07) is 10.7. The minimum Gasteiger partial charge on any atom is -0.304 e. The van der Waals surface area contributed by atoms with Crippen LogP contribution in [0.2, 0.25) is 0 Å². The predicted molar refractivity (Wildman–Crippen MR) is 63.5 cm³/mol. The van der Waals surface area contributed by atoms with Gasteiger partial charge in [-0.3, -0.25) is 4.90 Å². The van der Waals surface area contributed by atoms with Gasteiger partial charge < -0.3 is 4.90 Å². The van der Waals surface area contributed by atoms with Crippen molar-refractivity contribution in [2.75, 3.05) is 33.2 Å². The molecule has 0 aliphatic carbocycles. The summed E-state index contributed by atoms with van der Waals surface area (Å²) >= 11 is 0. The second kappa shape index (κ2) is 5.29. The zero-order valence-electron chi connectivity index (χ0n) is 9.39. The first-order valence-electron chi connectivity index (χ1n) is 5.64. The number of hydrogen-bond acceptors (Lipinski definition) is 2. The lowest BCUT2D eigenvalue weighted by molar-refractivity contribution is 0.180. The molecule has 0 bridgehead atoms. The highest BCUT2D eigenvalue weighted by Crippen LogP contribution is 2.07. The van der Waals surface area contributed by atoms with Gasteiger partial charge in [0.05, 0.1) is 0 Å². The molecule has 1 aliphatic heterocycles.